The Labute approximate surface area is 190 Å². The molecule has 4 rings (SSSR count). The summed E-state index contributed by atoms with van der Waals surface area (Å²) in [6, 6.07) is 16.8. The number of nitrogen functional groups attached to an aromatic ring is 1. The van der Waals surface area contributed by atoms with Gasteiger partial charge in [0.2, 0.25) is 0 Å². The lowest BCUT2D eigenvalue weighted by Gasteiger charge is -2.31. The first-order chi connectivity index (χ1) is 15.3. The van der Waals surface area contributed by atoms with Gasteiger partial charge in [-0.05, 0) is 42.8 Å². The van der Waals surface area contributed by atoms with Crippen molar-refractivity contribution in [3.8, 4) is 16.9 Å². The largest absolute Gasteiger partial charge is 0.488 e. The number of nitrogens with two attached hydrogens (primary N) is 1. The topological polar surface area (TPSA) is 75.8 Å². The molecule has 32 heavy (non-hydrogen) atoms. The van der Waals surface area contributed by atoms with Gasteiger partial charge in [-0.2, -0.15) is 0 Å². The van der Waals surface area contributed by atoms with Gasteiger partial charge < -0.3 is 15.6 Å². The third kappa shape index (κ3) is 6.05. The quantitative estimate of drug-likeness (QED) is 0.355. The fraction of sp³-hybridized carbons (Fsp3) is 0.292. The summed E-state index contributed by atoms with van der Waals surface area (Å²) in [5.74, 6) is -2.26. The van der Waals surface area contributed by atoms with Crippen LogP contribution < -0.4 is 10.5 Å². The zero-order valence-electron chi connectivity index (χ0n) is 17.8. The smallest absolute Gasteiger partial charge is 0.290 e. The van der Waals surface area contributed by atoms with Crippen molar-refractivity contribution >= 4 is 23.5 Å². The number of halogens is 2. The summed E-state index contributed by atoms with van der Waals surface area (Å²) >= 11 is 1.09. The number of likely N-dealkylation sites (tertiary alicyclic amines) is 1. The molecule has 0 bridgehead atoms. The fourth-order valence-electron chi connectivity index (χ4n) is 3.41. The Kier molecular flexibility index (Phi) is 7.82. The van der Waals surface area contributed by atoms with Gasteiger partial charge in [0.05, 0.1) is 4.88 Å². The molecule has 0 radical (unpaired) electrons. The molecule has 3 aromatic rings. The number of hydrogen-bond acceptors (Lipinski definition) is 5. The van der Waals surface area contributed by atoms with Crippen molar-refractivity contribution in [1.82, 2.24) is 4.90 Å². The second kappa shape index (κ2) is 10.6. The summed E-state index contributed by atoms with van der Waals surface area (Å²) < 4.78 is 34.2. The maximum atomic E-state index is 14.2. The molecule has 2 heterocycles. The summed E-state index contributed by atoms with van der Waals surface area (Å²) in [6.07, 6.45) is 1.24. The molecular formula is C24H26F2N2O3S. The summed E-state index contributed by atoms with van der Waals surface area (Å²) in [6.45, 7) is 4.00. The van der Waals surface area contributed by atoms with E-state index in [0.29, 0.717) is 17.0 Å². The first kappa shape index (κ1) is 23.7. The van der Waals surface area contributed by atoms with Gasteiger partial charge >= 0.3 is 0 Å². The molecule has 0 aliphatic carbocycles. The average molecular weight is 461 g/mol. The first-order valence-corrected chi connectivity index (χ1v) is 11.0. The number of anilines is 1. The van der Waals surface area contributed by atoms with Crippen LogP contribution >= 0.6 is 11.3 Å². The number of benzene rings is 2. The number of rotatable bonds is 7. The van der Waals surface area contributed by atoms with Crippen molar-refractivity contribution in [2.75, 3.05) is 18.8 Å². The summed E-state index contributed by atoms with van der Waals surface area (Å²) in [4.78, 5) is 11.5. The summed E-state index contributed by atoms with van der Waals surface area (Å²) in [5.41, 5.74) is 9.31. The van der Waals surface area contributed by atoms with Gasteiger partial charge in [0.25, 0.3) is 12.4 Å². The molecule has 5 nitrogen and oxygen atoms in total. The highest BCUT2D eigenvalue weighted by Gasteiger charge is 2.31. The maximum absolute atomic E-state index is 14.2. The Morgan fingerprint density at radius 1 is 1.19 bits per heavy atom. The van der Waals surface area contributed by atoms with E-state index in [0.717, 1.165) is 53.9 Å². The lowest BCUT2D eigenvalue weighted by molar-refractivity contribution is -0.122. The van der Waals surface area contributed by atoms with Crippen molar-refractivity contribution in [1.29, 1.82) is 0 Å². The van der Waals surface area contributed by atoms with E-state index >= 15 is 0 Å². The molecule has 0 unspecified atom stereocenters. The minimum Gasteiger partial charge on any atom is -0.488 e. The van der Waals surface area contributed by atoms with Crippen LogP contribution in [0.3, 0.4) is 0 Å². The normalized spacial score (nSPS) is 13.6. The van der Waals surface area contributed by atoms with Gasteiger partial charge in [-0.1, -0.05) is 36.4 Å². The number of thiophene rings is 1. The number of hydrogen-bond donors (Lipinski definition) is 2. The van der Waals surface area contributed by atoms with Crippen molar-refractivity contribution in [2.45, 2.75) is 32.4 Å². The van der Waals surface area contributed by atoms with Crippen LogP contribution in [-0.4, -0.2) is 29.6 Å². The van der Waals surface area contributed by atoms with Crippen molar-refractivity contribution in [3.05, 3.63) is 69.9 Å². The third-order valence-corrected chi connectivity index (χ3v) is 6.39. The van der Waals surface area contributed by atoms with E-state index in [-0.39, 0.29) is 18.0 Å². The van der Waals surface area contributed by atoms with Crippen LogP contribution in [0.1, 0.15) is 28.7 Å². The zero-order valence-corrected chi connectivity index (χ0v) is 18.6. The molecular weight excluding hydrogens is 434 g/mol. The molecule has 0 amide bonds. The second-order valence-electron chi connectivity index (χ2n) is 7.59. The molecule has 1 aromatic heterocycles. The molecule has 0 saturated carbocycles. The van der Waals surface area contributed by atoms with Gasteiger partial charge in [0.1, 0.15) is 12.4 Å². The monoisotopic (exact) mass is 460 g/mol. The summed E-state index contributed by atoms with van der Waals surface area (Å²) in [7, 11) is 0. The van der Waals surface area contributed by atoms with Crippen LogP contribution in [0.2, 0.25) is 0 Å². The SMILES string of the molecule is CC(F)(F)c1sc(COc2ccc(CN3CCC3)c(N)c2)cc1-c1ccccc1.O=CO. The van der Waals surface area contributed by atoms with E-state index < -0.39 is 5.92 Å². The third-order valence-electron chi connectivity index (χ3n) is 5.11. The van der Waals surface area contributed by atoms with Crippen molar-refractivity contribution < 1.29 is 23.4 Å². The molecule has 3 N–H and O–H groups in total. The van der Waals surface area contributed by atoms with E-state index in [1.165, 1.54) is 6.42 Å². The number of carbonyl (C=O) groups is 1. The fourth-order valence-corrected chi connectivity index (χ4v) is 4.44. The molecule has 170 valence electrons. The van der Waals surface area contributed by atoms with Gasteiger partial charge in [-0.3, -0.25) is 9.69 Å². The van der Waals surface area contributed by atoms with Gasteiger partial charge in [-0.25, -0.2) is 8.78 Å². The number of ether oxygens (including phenoxy) is 1. The van der Waals surface area contributed by atoms with Crippen LogP contribution in [0.4, 0.5) is 14.5 Å². The maximum Gasteiger partial charge on any atom is 0.290 e. The number of carboxylic acid groups (broad SMARTS) is 1. The van der Waals surface area contributed by atoms with Crippen molar-refractivity contribution in [3.63, 3.8) is 0 Å². The minimum absolute atomic E-state index is 0.0618. The molecule has 1 saturated heterocycles. The Hall–Kier alpha value is -2.97. The Morgan fingerprint density at radius 3 is 2.44 bits per heavy atom. The summed E-state index contributed by atoms with van der Waals surface area (Å²) in [5, 5.41) is 6.89. The van der Waals surface area contributed by atoms with Gasteiger partial charge in [0, 0.05) is 35.7 Å². The second-order valence-corrected chi connectivity index (χ2v) is 8.73. The minimum atomic E-state index is -2.91. The predicted molar refractivity (Wildman–Crippen MR) is 123 cm³/mol. The van der Waals surface area contributed by atoms with E-state index in [4.69, 9.17) is 20.4 Å². The molecule has 2 aromatic carbocycles. The Morgan fingerprint density at radius 2 is 1.88 bits per heavy atom. The Balaban J connectivity index is 0.000000913. The van der Waals surface area contributed by atoms with E-state index in [9.17, 15) is 8.78 Å². The van der Waals surface area contributed by atoms with Crippen LogP contribution in [-0.2, 0) is 23.9 Å². The van der Waals surface area contributed by atoms with E-state index in [1.54, 1.807) is 6.07 Å². The highest BCUT2D eigenvalue weighted by molar-refractivity contribution is 7.12. The van der Waals surface area contributed by atoms with Crippen LogP contribution in [0.25, 0.3) is 11.1 Å². The average Bonchev–Trinajstić information content (AvgIpc) is 3.16. The van der Waals surface area contributed by atoms with Crippen molar-refractivity contribution in [2.24, 2.45) is 0 Å². The zero-order chi connectivity index (χ0) is 23.1. The molecule has 1 aliphatic rings. The lowest BCUT2D eigenvalue weighted by atomic mass is 10.0. The molecule has 0 atom stereocenters. The molecule has 1 fully saturated rings. The lowest BCUT2D eigenvalue weighted by Crippen LogP contribution is -2.36. The molecule has 0 spiro atoms. The Bertz CT molecular complexity index is 1030. The predicted octanol–water partition coefficient (Wildman–Crippen LogP) is 5.59. The highest BCUT2D eigenvalue weighted by Crippen LogP contribution is 2.42. The standard InChI is InChI=1S/C23H24F2N2OS.CH2O2/c1-23(24,25)22-20(16-6-3-2-4-7-16)13-19(29-22)15-28-18-9-8-17(21(26)12-18)14-27-10-5-11-27;2-1-3/h2-4,6-9,12-13H,5,10-11,14-15,26H2,1H3;1H,(H,2,3). The highest BCUT2D eigenvalue weighted by atomic mass is 32.1. The van der Waals surface area contributed by atoms with Crippen LogP contribution in [0, 0.1) is 0 Å². The van der Waals surface area contributed by atoms with Gasteiger partial charge in [-0.15, -0.1) is 11.3 Å². The molecule has 8 heteroatoms. The van der Waals surface area contributed by atoms with Crippen LogP contribution in [0.15, 0.2) is 54.6 Å². The number of nitrogens with zero attached hydrogens (tertiary/aromatic N) is 1. The van der Waals surface area contributed by atoms with E-state index in [1.807, 2.05) is 48.5 Å². The van der Waals surface area contributed by atoms with E-state index in [2.05, 4.69) is 4.90 Å². The van der Waals surface area contributed by atoms with Crippen LogP contribution in [0.5, 0.6) is 5.75 Å². The first-order valence-electron chi connectivity index (χ1n) is 10.2. The number of alkyl halides is 2. The van der Waals surface area contributed by atoms with Gasteiger partial charge in [0.15, 0.2) is 0 Å². The molecule has 1 aliphatic heterocycles.